The number of aliphatic hydroxyl groups is 1. The third-order valence-corrected chi connectivity index (χ3v) is 3.97. The van der Waals surface area contributed by atoms with Gasteiger partial charge in [-0.25, -0.2) is 14.1 Å². The van der Waals surface area contributed by atoms with Crippen LogP contribution >= 0.6 is 0 Å². The molecule has 0 unspecified atom stereocenters. The molecule has 1 aliphatic rings. The molecule has 2 heterocycles. The van der Waals surface area contributed by atoms with Gasteiger partial charge in [-0.15, -0.1) is 0 Å². The number of aromatic nitrogens is 3. The number of hydrogen-bond acceptors (Lipinski definition) is 5. The van der Waals surface area contributed by atoms with Gasteiger partial charge in [0.15, 0.2) is 0 Å². The van der Waals surface area contributed by atoms with Crippen molar-refractivity contribution in [1.29, 1.82) is 0 Å². The van der Waals surface area contributed by atoms with Crippen molar-refractivity contribution in [1.82, 2.24) is 20.1 Å². The Labute approximate surface area is 134 Å². The van der Waals surface area contributed by atoms with Crippen molar-refractivity contribution in [2.45, 2.75) is 38.1 Å². The van der Waals surface area contributed by atoms with Crippen molar-refractivity contribution in [3.63, 3.8) is 0 Å². The van der Waals surface area contributed by atoms with Crippen LogP contribution in [-0.2, 0) is 24.3 Å². The molecule has 0 spiro atoms. The summed E-state index contributed by atoms with van der Waals surface area (Å²) in [6.07, 6.45) is 2.81. The van der Waals surface area contributed by atoms with Crippen LogP contribution in [0.15, 0.2) is 30.6 Å². The molecule has 0 saturated carbocycles. The second-order valence-electron chi connectivity index (χ2n) is 5.76. The van der Waals surface area contributed by atoms with E-state index in [1.807, 2.05) is 4.68 Å². The first-order valence-electron chi connectivity index (χ1n) is 7.81. The summed E-state index contributed by atoms with van der Waals surface area (Å²) in [5, 5.41) is 17.5. The van der Waals surface area contributed by atoms with Crippen LogP contribution in [0.3, 0.4) is 0 Å². The Morgan fingerprint density at radius 3 is 3.17 bits per heavy atom. The molecule has 7 heteroatoms. The van der Waals surface area contributed by atoms with E-state index >= 15 is 0 Å². The van der Waals surface area contributed by atoms with Gasteiger partial charge < -0.3 is 15.2 Å². The molecule has 23 heavy (non-hydrogen) atoms. The summed E-state index contributed by atoms with van der Waals surface area (Å²) in [5.41, 5.74) is 0.499. The van der Waals surface area contributed by atoms with E-state index in [1.54, 1.807) is 24.5 Å². The second kappa shape index (κ2) is 7.63. The molecular weight excluding hydrogens is 299 g/mol. The molecule has 3 rings (SSSR count). The van der Waals surface area contributed by atoms with Gasteiger partial charge in [0.05, 0.1) is 25.9 Å². The maximum Gasteiger partial charge on any atom is 0.138 e. The number of aryl methyl sites for hydroxylation is 1. The van der Waals surface area contributed by atoms with Gasteiger partial charge in [-0.2, -0.15) is 5.10 Å². The van der Waals surface area contributed by atoms with Gasteiger partial charge in [0.25, 0.3) is 0 Å². The fourth-order valence-electron chi connectivity index (χ4n) is 2.69. The van der Waals surface area contributed by atoms with E-state index < -0.39 is 6.10 Å². The first-order chi connectivity index (χ1) is 11.2. The van der Waals surface area contributed by atoms with E-state index in [4.69, 9.17) is 4.74 Å². The Morgan fingerprint density at radius 1 is 1.43 bits per heavy atom. The predicted octanol–water partition coefficient (Wildman–Crippen LogP) is 0.899. The average molecular weight is 320 g/mol. The molecule has 0 bridgehead atoms. The predicted molar refractivity (Wildman–Crippen MR) is 82.2 cm³/mol. The molecule has 0 amide bonds. The first kappa shape index (κ1) is 16.0. The van der Waals surface area contributed by atoms with E-state index in [0.717, 1.165) is 25.2 Å². The fourth-order valence-corrected chi connectivity index (χ4v) is 2.69. The number of aliphatic hydroxyl groups excluding tert-OH is 1. The Kier molecular flexibility index (Phi) is 5.32. The van der Waals surface area contributed by atoms with Crippen molar-refractivity contribution in [3.8, 4) is 0 Å². The Bertz CT molecular complexity index is 634. The van der Waals surface area contributed by atoms with Gasteiger partial charge in [-0.3, -0.25) is 0 Å². The van der Waals surface area contributed by atoms with Crippen molar-refractivity contribution in [2.24, 2.45) is 0 Å². The second-order valence-corrected chi connectivity index (χ2v) is 5.76. The number of benzene rings is 1. The van der Waals surface area contributed by atoms with Crippen molar-refractivity contribution in [2.75, 3.05) is 13.2 Å². The maximum atomic E-state index is 13.4. The summed E-state index contributed by atoms with van der Waals surface area (Å²) >= 11 is 0. The zero-order valence-corrected chi connectivity index (χ0v) is 12.9. The van der Waals surface area contributed by atoms with Gasteiger partial charge in [-0.1, -0.05) is 18.2 Å². The molecule has 2 aromatic rings. The highest BCUT2D eigenvalue weighted by molar-refractivity contribution is 5.16. The molecule has 1 aliphatic heterocycles. The maximum absolute atomic E-state index is 13.4. The summed E-state index contributed by atoms with van der Waals surface area (Å²) in [6.45, 7) is 1.53. The summed E-state index contributed by atoms with van der Waals surface area (Å²) in [7, 11) is 0. The lowest BCUT2D eigenvalue weighted by Crippen LogP contribution is -2.42. The van der Waals surface area contributed by atoms with Crippen LogP contribution in [0.4, 0.5) is 4.39 Å². The number of rotatable bonds is 7. The molecule has 0 fully saturated rings. The number of fused-ring (bicyclic) bond motifs is 1. The van der Waals surface area contributed by atoms with Gasteiger partial charge in [0.2, 0.25) is 0 Å². The molecule has 2 N–H and O–H groups in total. The van der Waals surface area contributed by atoms with Gasteiger partial charge in [0.1, 0.15) is 18.0 Å². The number of nitrogens with zero attached hydrogens (tertiary/aromatic N) is 3. The van der Waals surface area contributed by atoms with Crippen molar-refractivity contribution < 1.29 is 14.2 Å². The minimum Gasteiger partial charge on any atom is -0.389 e. The van der Waals surface area contributed by atoms with E-state index in [9.17, 15) is 9.50 Å². The quantitative estimate of drug-likeness (QED) is 0.793. The normalized spacial score (nSPS) is 18.6. The fraction of sp³-hybridized carbons (Fsp3) is 0.500. The molecule has 6 nitrogen and oxygen atoms in total. The van der Waals surface area contributed by atoms with Crippen LogP contribution in [0.2, 0.25) is 0 Å². The lowest BCUT2D eigenvalue weighted by Gasteiger charge is -2.24. The minimum absolute atomic E-state index is 0.162. The smallest absolute Gasteiger partial charge is 0.138 e. The van der Waals surface area contributed by atoms with Crippen LogP contribution < -0.4 is 5.32 Å². The third-order valence-electron chi connectivity index (χ3n) is 3.97. The minimum atomic E-state index is -0.626. The van der Waals surface area contributed by atoms with Crippen LogP contribution in [-0.4, -0.2) is 45.2 Å². The summed E-state index contributed by atoms with van der Waals surface area (Å²) < 4.78 is 20.7. The standard InChI is InChI=1S/C16H21FN4O2/c17-15-4-2-1-3-12(15)9-23-10-14(22)7-18-13-5-6-16-19-11-20-21(16)8-13/h1-4,11,13-14,18,22H,5-10H2/t13-,14+/m0/s1. The van der Waals surface area contributed by atoms with Gasteiger partial charge in [0, 0.05) is 24.6 Å². The van der Waals surface area contributed by atoms with Crippen LogP contribution in [0.5, 0.6) is 0 Å². The van der Waals surface area contributed by atoms with E-state index in [-0.39, 0.29) is 25.1 Å². The topological polar surface area (TPSA) is 72.2 Å². The zero-order valence-electron chi connectivity index (χ0n) is 12.9. The van der Waals surface area contributed by atoms with E-state index in [2.05, 4.69) is 15.4 Å². The monoisotopic (exact) mass is 320 g/mol. The molecule has 124 valence electrons. The van der Waals surface area contributed by atoms with Crippen LogP contribution in [0, 0.1) is 5.82 Å². The van der Waals surface area contributed by atoms with Crippen LogP contribution in [0.1, 0.15) is 17.8 Å². The van der Waals surface area contributed by atoms with E-state index in [1.165, 1.54) is 6.07 Å². The highest BCUT2D eigenvalue weighted by Gasteiger charge is 2.20. The molecule has 0 aliphatic carbocycles. The highest BCUT2D eigenvalue weighted by Crippen LogP contribution is 2.11. The first-order valence-corrected chi connectivity index (χ1v) is 7.81. The highest BCUT2D eigenvalue weighted by atomic mass is 19.1. The lowest BCUT2D eigenvalue weighted by molar-refractivity contribution is 0.0260. The lowest BCUT2D eigenvalue weighted by atomic mass is 10.1. The molecule has 0 radical (unpaired) electrons. The number of halogens is 1. The molecule has 2 atom stereocenters. The van der Waals surface area contributed by atoms with Crippen molar-refractivity contribution >= 4 is 0 Å². The summed E-state index contributed by atoms with van der Waals surface area (Å²) in [5.74, 6) is 0.725. The summed E-state index contributed by atoms with van der Waals surface area (Å²) in [4.78, 5) is 4.19. The number of hydrogen-bond donors (Lipinski definition) is 2. The van der Waals surface area contributed by atoms with E-state index in [0.29, 0.717) is 12.1 Å². The SMILES string of the molecule is O[C@H](CN[C@H]1CCc2ncnn2C1)COCc1ccccc1F. The Balaban J connectivity index is 1.36. The molecule has 1 aromatic heterocycles. The number of ether oxygens (including phenoxy) is 1. The van der Waals surface area contributed by atoms with Crippen molar-refractivity contribution in [3.05, 3.63) is 47.8 Å². The van der Waals surface area contributed by atoms with Gasteiger partial charge in [-0.05, 0) is 12.5 Å². The Hall–Kier alpha value is -1.83. The Morgan fingerprint density at radius 2 is 2.30 bits per heavy atom. The average Bonchev–Trinajstić information content (AvgIpc) is 3.02. The van der Waals surface area contributed by atoms with Crippen LogP contribution in [0.25, 0.3) is 0 Å². The zero-order chi connectivity index (χ0) is 16.1. The summed E-state index contributed by atoms with van der Waals surface area (Å²) in [6, 6.07) is 6.75. The third kappa shape index (κ3) is 4.34. The largest absolute Gasteiger partial charge is 0.389 e. The molecule has 1 aromatic carbocycles. The number of nitrogens with one attached hydrogen (secondary N) is 1. The van der Waals surface area contributed by atoms with Gasteiger partial charge >= 0.3 is 0 Å². The molecular formula is C16H21FN4O2. The molecule has 0 saturated heterocycles.